The molecule has 8 atom stereocenters. The highest BCUT2D eigenvalue weighted by Crippen LogP contribution is 2.83. The predicted octanol–water partition coefficient (Wildman–Crippen LogP) is 5.49. The van der Waals surface area contributed by atoms with Gasteiger partial charge in [-0.2, -0.15) is 0 Å². The summed E-state index contributed by atoms with van der Waals surface area (Å²) in [6, 6.07) is 0. The second kappa shape index (κ2) is 6.70. The van der Waals surface area contributed by atoms with Crippen LogP contribution in [0.3, 0.4) is 0 Å². The van der Waals surface area contributed by atoms with Crippen molar-refractivity contribution in [1.82, 2.24) is 0 Å². The van der Waals surface area contributed by atoms with E-state index in [0.29, 0.717) is 24.7 Å². The van der Waals surface area contributed by atoms with Crippen molar-refractivity contribution in [3.63, 3.8) is 0 Å². The first kappa shape index (κ1) is 22.2. The third-order valence-electron chi connectivity index (χ3n) is 10.0. The second-order valence-corrected chi connectivity index (χ2v) is 13.0. The molecule has 32 heavy (non-hydrogen) atoms. The molecule has 0 aromatic heterocycles. The Morgan fingerprint density at radius 1 is 1.31 bits per heavy atom. The van der Waals surface area contributed by atoms with E-state index in [2.05, 4.69) is 52.8 Å². The first-order valence-electron chi connectivity index (χ1n) is 12.6. The van der Waals surface area contributed by atoms with Gasteiger partial charge in [-0.1, -0.05) is 64.8 Å². The molecule has 1 aliphatic heterocycles. The number of carbonyl (C=O) groups excluding carboxylic acids is 1. The van der Waals surface area contributed by atoms with E-state index < -0.39 is 22.2 Å². The van der Waals surface area contributed by atoms with E-state index in [-0.39, 0.29) is 29.3 Å². The van der Waals surface area contributed by atoms with Crippen LogP contribution >= 0.6 is 0 Å². The first-order chi connectivity index (χ1) is 14.9. The summed E-state index contributed by atoms with van der Waals surface area (Å²) in [6.45, 7) is 13.1. The SMILES string of the molecule is CC(C)C1=CC2CC3(C=O)[C@@H]4CC[C@@H](C)[C@H]4CC2(C2=NOC(CC(C)(C)C)C2)[C@]13C(=O)O. The molecule has 5 rings (SSSR count). The smallest absolute Gasteiger partial charge is 0.315 e. The summed E-state index contributed by atoms with van der Waals surface area (Å²) in [7, 11) is 0. The predicted molar refractivity (Wildman–Crippen MR) is 123 cm³/mol. The molecule has 0 aromatic rings. The van der Waals surface area contributed by atoms with Crippen molar-refractivity contribution in [1.29, 1.82) is 0 Å². The van der Waals surface area contributed by atoms with E-state index in [1.165, 1.54) is 0 Å². The van der Waals surface area contributed by atoms with Gasteiger partial charge >= 0.3 is 5.97 Å². The standard InChI is InChI=1S/C27H39NO4/c1-15(2)21-9-17-11-25(14-29)20-8-7-16(3)19(20)13-26(17,27(21,25)23(30)31)22-10-18(32-28-22)12-24(4,5)6/h9,14-20H,7-8,10-13H2,1-6H3,(H,30,31)/t16-,17?,18?,19-,20-,25?,26?,27+/m1/s1. The number of fused-ring (bicyclic) bond motifs is 2. The number of allylic oxidation sites excluding steroid dienone is 1. The lowest BCUT2D eigenvalue weighted by Crippen LogP contribution is -2.64. The van der Waals surface area contributed by atoms with Gasteiger partial charge in [-0.05, 0) is 60.7 Å². The van der Waals surface area contributed by atoms with E-state index in [9.17, 15) is 14.7 Å². The first-order valence-corrected chi connectivity index (χ1v) is 12.6. The monoisotopic (exact) mass is 441 g/mol. The molecule has 0 spiro atoms. The zero-order valence-electron chi connectivity index (χ0n) is 20.5. The Hall–Kier alpha value is -1.65. The Labute approximate surface area is 192 Å². The summed E-state index contributed by atoms with van der Waals surface area (Å²) in [5.74, 6) is 0.359. The highest BCUT2D eigenvalue weighted by Gasteiger charge is 2.85. The van der Waals surface area contributed by atoms with Crippen molar-refractivity contribution in [3.8, 4) is 0 Å². The quantitative estimate of drug-likeness (QED) is 0.452. The number of carboxylic acids is 1. The molecule has 5 aliphatic rings. The normalized spacial score (nSPS) is 46.7. The molecule has 4 aliphatic carbocycles. The number of carboxylic acid groups (broad SMARTS) is 1. The number of oxime groups is 1. The molecular weight excluding hydrogens is 402 g/mol. The number of rotatable bonds is 5. The van der Waals surface area contributed by atoms with Gasteiger partial charge in [-0.3, -0.25) is 4.79 Å². The Kier molecular flexibility index (Phi) is 4.64. The minimum Gasteiger partial charge on any atom is -0.481 e. The van der Waals surface area contributed by atoms with Crippen LogP contribution in [0.1, 0.15) is 80.1 Å². The van der Waals surface area contributed by atoms with Gasteiger partial charge in [-0.25, -0.2) is 0 Å². The van der Waals surface area contributed by atoms with Crippen molar-refractivity contribution in [2.45, 2.75) is 86.2 Å². The molecule has 5 nitrogen and oxygen atoms in total. The minimum atomic E-state index is -1.19. The van der Waals surface area contributed by atoms with E-state index >= 15 is 0 Å². The van der Waals surface area contributed by atoms with Crippen molar-refractivity contribution in [2.24, 2.45) is 56.4 Å². The van der Waals surface area contributed by atoms with Crippen LogP contribution in [0.4, 0.5) is 0 Å². The van der Waals surface area contributed by atoms with E-state index in [1.54, 1.807) is 0 Å². The number of hydrogen-bond acceptors (Lipinski definition) is 4. The molecule has 0 radical (unpaired) electrons. The Balaban J connectivity index is 1.69. The molecule has 3 fully saturated rings. The van der Waals surface area contributed by atoms with Gasteiger partial charge in [0.1, 0.15) is 17.8 Å². The molecule has 4 unspecified atom stereocenters. The fourth-order valence-electron chi connectivity index (χ4n) is 9.21. The molecular formula is C27H39NO4. The number of aldehydes is 1. The highest BCUT2D eigenvalue weighted by molar-refractivity contribution is 6.03. The van der Waals surface area contributed by atoms with Gasteiger partial charge in [0.2, 0.25) is 0 Å². The number of hydrogen-bond donors (Lipinski definition) is 1. The molecule has 1 heterocycles. The van der Waals surface area contributed by atoms with Crippen molar-refractivity contribution in [2.75, 3.05) is 0 Å². The third kappa shape index (κ3) is 2.38. The molecule has 3 saturated carbocycles. The summed E-state index contributed by atoms with van der Waals surface area (Å²) in [4.78, 5) is 32.6. The molecule has 176 valence electrons. The van der Waals surface area contributed by atoms with Crippen LogP contribution in [0, 0.1) is 51.2 Å². The average molecular weight is 442 g/mol. The third-order valence-corrected chi connectivity index (χ3v) is 10.0. The Bertz CT molecular complexity index is 913. The Morgan fingerprint density at radius 3 is 2.62 bits per heavy atom. The zero-order chi connectivity index (χ0) is 23.3. The fraction of sp³-hybridized carbons (Fsp3) is 0.815. The van der Waals surface area contributed by atoms with Crippen LogP contribution in [0.15, 0.2) is 16.8 Å². The molecule has 0 amide bonds. The largest absolute Gasteiger partial charge is 0.481 e. The van der Waals surface area contributed by atoms with E-state index in [0.717, 1.165) is 43.3 Å². The van der Waals surface area contributed by atoms with Gasteiger partial charge in [-0.15, -0.1) is 0 Å². The van der Waals surface area contributed by atoms with Crippen LogP contribution in [0.5, 0.6) is 0 Å². The van der Waals surface area contributed by atoms with Crippen LogP contribution < -0.4 is 0 Å². The molecule has 5 heteroatoms. The van der Waals surface area contributed by atoms with Gasteiger partial charge in [0.05, 0.1) is 11.1 Å². The molecule has 0 aromatic carbocycles. The van der Waals surface area contributed by atoms with Crippen LogP contribution in [0.2, 0.25) is 0 Å². The molecule has 4 bridgehead atoms. The summed E-state index contributed by atoms with van der Waals surface area (Å²) in [5, 5.41) is 15.7. The summed E-state index contributed by atoms with van der Waals surface area (Å²) >= 11 is 0. The van der Waals surface area contributed by atoms with Crippen LogP contribution in [-0.4, -0.2) is 29.2 Å². The lowest BCUT2D eigenvalue weighted by atomic mass is 9.41. The summed E-state index contributed by atoms with van der Waals surface area (Å²) in [5.41, 5.74) is -0.662. The van der Waals surface area contributed by atoms with Crippen LogP contribution in [0.25, 0.3) is 0 Å². The number of aliphatic carboxylic acids is 1. The highest BCUT2D eigenvalue weighted by atomic mass is 16.6. The number of nitrogens with zero attached hydrogens (tertiary/aromatic N) is 1. The van der Waals surface area contributed by atoms with E-state index in [4.69, 9.17) is 4.84 Å². The van der Waals surface area contributed by atoms with Gasteiger partial charge in [0, 0.05) is 11.8 Å². The number of carbonyl (C=O) groups is 2. The lowest BCUT2D eigenvalue weighted by Gasteiger charge is -2.58. The van der Waals surface area contributed by atoms with Crippen molar-refractivity contribution < 1.29 is 19.5 Å². The maximum atomic E-state index is 13.5. The molecule has 0 saturated heterocycles. The van der Waals surface area contributed by atoms with Crippen LogP contribution in [-0.2, 0) is 14.4 Å². The Morgan fingerprint density at radius 2 is 2.03 bits per heavy atom. The maximum absolute atomic E-state index is 13.5. The van der Waals surface area contributed by atoms with Gasteiger partial charge in [0.25, 0.3) is 0 Å². The summed E-state index contributed by atoms with van der Waals surface area (Å²) in [6.07, 6.45) is 8.39. The molecule has 1 N–H and O–H groups in total. The summed E-state index contributed by atoms with van der Waals surface area (Å²) < 4.78 is 0. The van der Waals surface area contributed by atoms with Gasteiger partial charge in [0.15, 0.2) is 0 Å². The van der Waals surface area contributed by atoms with Gasteiger partial charge < -0.3 is 14.7 Å². The van der Waals surface area contributed by atoms with E-state index in [1.807, 2.05) is 0 Å². The fourth-order valence-corrected chi connectivity index (χ4v) is 9.21. The average Bonchev–Trinajstić information content (AvgIpc) is 3.41. The zero-order valence-corrected chi connectivity index (χ0v) is 20.5. The second-order valence-electron chi connectivity index (χ2n) is 13.0. The maximum Gasteiger partial charge on any atom is 0.315 e. The van der Waals surface area contributed by atoms with Crippen molar-refractivity contribution >= 4 is 18.0 Å². The minimum absolute atomic E-state index is 0.0166. The van der Waals surface area contributed by atoms with Crippen molar-refractivity contribution in [3.05, 3.63) is 11.6 Å². The lowest BCUT2D eigenvalue weighted by molar-refractivity contribution is -0.173. The topological polar surface area (TPSA) is 76.0 Å².